The molecule has 1 aliphatic heterocycles. The first-order valence-corrected chi connectivity index (χ1v) is 13.9. The lowest BCUT2D eigenvalue weighted by Gasteiger charge is -2.26. The number of aromatic nitrogens is 1. The molecule has 1 aromatic heterocycles. The van der Waals surface area contributed by atoms with Crippen molar-refractivity contribution in [1.82, 2.24) is 10.3 Å². The molecule has 0 bridgehead atoms. The van der Waals surface area contributed by atoms with E-state index in [2.05, 4.69) is 10.3 Å². The van der Waals surface area contributed by atoms with E-state index in [0.717, 1.165) is 54.7 Å². The average Bonchev–Trinajstić information content (AvgIpc) is 3.26. The summed E-state index contributed by atoms with van der Waals surface area (Å²) in [5, 5.41) is 4.26. The summed E-state index contributed by atoms with van der Waals surface area (Å²) in [4.78, 5) is 3.88. The minimum absolute atomic E-state index is 0.0165. The third-order valence-electron chi connectivity index (χ3n) is 6.50. The van der Waals surface area contributed by atoms with Gasteiger partial charge < -0.3 is 5.32 Å². The third kappa shape index (κ3) is 5.02. The van der Waals surface area contributed by atoms with Gasteiger partial charge in [-0.3, -0.25) is 0 Å². The molecule has 0 radical (unpaired) electrons. The molecule has 0 unspecified atom stereocenters. The maximum atomic E-state index is 13.5. The number of benzene rings is 3. The Morgan fingerprint density at radius 3 is 2.47 bits per heavy atom. The first kappa shape index (κ1) is 24.9. The molecule has 0 amide bonds. The summed E-state index contributed by atoms with van der Waals surface area (Å²) < 4.78 is 79.8. The van der Waals surface area contributed by atoms with E-state index in [9.17, 15) is 26.0 Å². The van der Waals surface area contributed by atoms with Crippen molar-refractivity contribution in [2.45, 2.75) is 35.6 Å². The average molecular weight is 535 g/mol. The molecule has 0 spiro atoms. The van der Waals surface area contributed by atoms with Crippen molar-refractivity contribution in [3.05, 3.63) is 82.1 Å². The van der Waals surface area contributed by atoms with Crippen molar-refractivity contribution in [2.75, 3.05) is 13.1 Å². The first-order valence-electron chi connectivity index (χ1n) is 11.4. The third-order valence-corrected chi connectivity index (χ3v) is 9.09. The largest absolute Gasteiger partial charge is 0.416 e. The molecule has 4 aromatic rings. The summed E-state index contributed by atoms with van der Waals surface area (Å²) in [5.41, 5.74) is 1.45. The van der Waals surface area contributed by atoms with Gasteiger partial charge in [-0.25, -0.2) is 13.4 Å². The predicted molar refractivity (Wildman–Crippen MR) is 132 cm³/mol. The molecule has 0 aliphatic carbocycles. The quantitative estimate of drug-likeness (QED) is 0.295. The van der Waals surface area contributed by atoms with Crippen LogP contribution in [0.5, 0.6) is 0 Å². The van der Waals surface area contributed by atoms with E-state index >= 15 is 0 Å². The number of rotatable bonds is 5. The summed E-state index contributed by atoms with van der Waals surface area (Å²) in [5.74, 6) is -0.428. The molecular formula is C26H22F4N2O2S2. The summed E-state index contributed by atoms with van der Waals surface area (Å²) in [6.07, 6.45) is -1.98. The summed E-state index contributed by atoms with van der Waals surface area (Å²) in [6, 6.07) is 14.0. The summed E-state index contributed by atoms with van der Waals surface area (Å²) in [6.45, 7) is 1.47. The number of nitrogens with one attached hydrogen (secondary N) is 1. The summed E-state index contributed by atoms with van der Waals surface area (Å²) in [7, 11) is -3.77. The summed E-state index contributed by atoms with van der Waals surface area (Å²) >= 11 is 0.689. The van der Waals surface area contributed by atoms with E-state index in [1.807, 2.05) is 6.07 Å². The monoisotopic (exact) mass is 534 g/mol. The van der Waals surface area contributed by atoms with Crippen LogP contribution in [0.3, 0.4) is 0 Å². The van der Waals surface area contributed by atoms with E-state index in [4.69, 9.17) is 0 Å². The fourth-order valence-corrected chi connectivity index (χ4v) is 7.03. The topological polar surface area (TPSA) is 59.1 Å². The SMILES string of the molecule is O=S(=O)(Cc1ncc(F)s1)c1ccc2c(-c3ccc(C(F)(F)F)cc3C3CCNCC3)cccc2c1. The van der Waals surface area contributed by atoms with Crippen molar-refractivity contribution < 1.29 is 26.0 Å². The Balaban J connectivity index is 1.59. The maximum absolute atomic E-state index is 13.5. The number of hydrogen-bond donors (Lipinski definition) is 1. The highest BCUT2D eigenvalue weighted by Crippen LogP contribution is 2.41. The number of fused-ring (bicyclic) bond motifs is 1. The van der Waals surface area contributed by atoms with Gasteiger partial charge in [0, 0.05) is 0 Å². The molecule has 0 saturated carbocycles. The Labute approximate surface area is 209 Å². The van der Waals surface area contributed by atoms with Gasteiger partial charge in [0.25, 0.3) is 0 Å². The molecule has 36 heavy (non-hydrogen) atoms. The predicted octanol–water partition coefficient (Wildman–Crippen LogP) is 6.56. The van der Waals surface area contributed by atoms with Gasteiger partial charge in [-0.2, -0.15) is 17.6 Å². The highest BCUT2D eigenvalue weighted by molar-refractivity contribution is 7.90. The van der Waals surface area contributed by atoms with E-state index < -0.39 is 32.5 Å². The van der Waals surface area contributed by atoms with E-state index in [1.54, 1.807) is 24.3 Å². The second-order valence-corrected chi connectivity index (χ2v) is 11.9. The molecule has 2 heterocycles. The van der Waals surface area contributed by atoms with Crippen LogP contribution in [0.25, 0.3) is 21.9 Å². The van der Waals surface area contributed by atoms with Gasteiger partial charge in [0.2, 0.25) is 0 Å². The van der Waals surface area contributed by atoms with Gasteiger partial charge in [0.15, 0.2) is 15.0 Å². The lowest BCUT2D eigenvalue weighted by atomic mass is 9.83. The van der Waals surface area contributed by atoms with E-state index in [0.29, 0.717) is 22.3 Å². The van der Waals surface area contributed by atoms with Gasteiger partial charge in [-0.1, -0.05) is 41.7 Å². The standard InChI is InChI=1S/C26H22F4N2O2S2/c27-24-14-32-25(35-24)15-36(33,34)19-5-7-20-17(12-19)2-1-3-21(20)22-6-4-18(26(28,29)30)13-23(22)16-8-10-31-11-9-16/h1-7,12-14,16,31H,8-11,15H2. The van der Waals surface area contributed by atoms with Crippen LogP contribution in [0.2, 0.25) is 0 Å². The highest BCUT2D eigenvalue weighted by Gasteiger charge is 2.32. The Kier molecular flexibility index (Phi) is 6.61. The number of sulfone groups is 1. The van der Waals surface area contributed by atoms with Crippen LogP contribution in [0, 0.1) is 5.13 Å². The first-order chi connectivity index (χ1) is 17.1. The molecule has 0 atom stereocenters. The van der Waals surface area contributed by atoms with Gasteiger partial charge in [-0.15, -0.1) is 0 Å². The van der Waals surface area contributed by atoms with Crippen LogP contribution in [0.4, 0.5) is 17.6 Å². The zero-order valence-corrected chi connectivity index (χ0v) is 20.6. The molecular weight excluding hydrogens is 512 g/mol. The lowest BCUT2D eigenvalue weighted by molar-refractivity contribution is -0.137. The molecule has 188 valence electrons. The van der Waals surface area contributed by atoms with Crippen molar-refractivity contribution in [3.63, 3.8) is 0 Å². The van der Waals surface area contributed by atoms with Crippen LogP contribution in [-0.4, -0.2) is 26.5 Å². The molecule has 3 aromatic carbocycles. The Morgan fingerprint density at radius 1 is 1.00 bits per heavy atom. The minimum atomic E-state index is -4.44. The number of alkyl halides is 3. The highest BCUT2D eigenvalue weighted by atomic mass is 32.2. The number of thiazole rings is 1. The van der Waals surface area contributed by atoms with Gasteiger partial charge >= 0.3 is 6.18 Å². The molecule has 4 nitrogen and oxygen atoms in total. The van der Waals surface area contributed by atoms with Crippen LogP contribution in [0.1, 0.15) is 34.9 Å². The molecule has 1 saturated heterocycles. The van der Waals surface area contributed by atoms with Crippen LogP contribution < -0.4 is 5.32 Å². The maximum Gasteiger partial charge on any atom is 0.416 e. The molecule has 10 heteroatoms. The normalized spacial score (nSPS) is 15.4. The lowest BCUT2D eigenvalue weighted by Crippen LogP contribution is -2.27. The molecule has 1 fully saturated rings. The Hall–Kier alpha value is -2.82. The Bertz CT molecular complexity index is 1520. The van der Waals surface area contributed by atoms with Gasteiger partial charge in [0.05, 0.1) is 16.7 Å². The smallest absolute Gasteiger partial charge is 0.317 e. The minimum Gasteiger partial charge on any atom is -0.317 e. The van der Waals surface area contributed by atoms with Gasteiger partial charge in [-0.05, 0) is 83.6 Å². The number of halogens is 4. The fourth-order valence-electron chi connectivity index (χ4n) is 4.75. The van der Waals surface area contributed by atoms with E-state index in [1.165, 1.54) is 18.2 Å². The van der Waals surface area contributed by atoms with Crippen LogP contribution in [-0.2, 0) is 21.8 Å². The van der Waals surface area contributed by atoms with Crippen molar-refractivity contribution in [3.8, 4) is 11.1 Å². The fraction of sp³-hybridized carbons (Fsp3) is 0.269. The number of nitrogens with zero attached hydrogens (tertiary/aromatic N) is 1. The Morgan fingerprint density at radius 2 is 1.78 bits per heavy atom. The van der Waals surface area contributed by atoms with Crippen molar-refractivity contribution in [1.29, 1.82) is 0 Å². The van der Waals surface area contributed by atoms with Gasteiger partial charge in [0.1, 0.15) is 10.8 Å². The zero-order valence-electron chi connectivity index (χ0n) is 19.0. The van der Waals surface area contributed by atoms with Crippen LogP contribution in [0.15, 0.2) is 65.7 Å². The molecule has 1 aliphatic rings. The van der Waals surface area contributed by atoms with Crippen molar-refractivity contribution in [2.24, 2.45) is 0 Å². The zero-order chi connectivity index (χ0) is 25.5. The van der Waals surface area contributed by atoms with Crippen molar-refractivity contribution >= 4 is 31.9 Å². The second-order valence-electron chi connectivity index (χ2n) is 8.83. The number of hydrogen-bond acceptors (Lipinski definition) is 5. The second kappa shape index (κ2) is 9.57. The molecule has 1 N–H and O–H groups in total. The van der Waals surface area contributed by atoms with E-state index in [-0.39, 0.29) is 15.8 Å². The number of piperidine rings is 1. The van der Waals surface area contributed by atoms with Crippen LogP contribution >= 0.6 is 11.3 Å². The molecule has 5 rings (SSSR count).